The van der Waals surface area contributed by atoms with Gasteiger partial charge in [-0.05, 0) is 49.8 Å². The SMILES string of the molecule is C[C@@H](CCCCNC(=O)c1ccc(CNC(=O)CC[C@H](CC(=O)CCCCCCCCCCCCCCC(=O)O)C(=O)O)cc1)C(=O)O. The van der Waals surface area contributed by atoms with Gasteiger partial charge in [-0.15, -0.1) is 0 Å². The van der Waals surface area contributed by atoms with Crippen molar-refractivity contribution < 1.29 is 44.1 Å². The van der Waals surface area contributed by atoms with E-state index in [1.165, 1.54) is 19.3 Å². The molecule has 0 fully saturated rings. The molecule has 2 amide bonds. The van der Waals surface area contributed by atoms with E-state index in [4.69, 9.17) is 10.2 Å². The summed E-state index contributed by atoms with van der Waals surface area (Å²) in [6.07, 6.45) is 15.2. The van der Waals surface area contributed by atoms with Crippen LogP contribution in [0, 0.1) is 11.8 Å². The second-order valence-electron chi connectivity index (χ2n) is 12.9. The fourth-order valence-electron chi connectivity index (χ4n) is 5.43. The summed E-state index contributed by atoms with van der Waals surface area (Å²) in [7, 11) is 0. The summed E-state index contributed by atoms with van der Waals surface area (Å²) in [6.45, 7) is 2.35. The van der Waals surface area contributed by atoms with E-state index in [1.807, 2.05) is 0 Å². The van der Waals surface area contributed by atoms with Gasteiger partial charge in [-0.25, -0.2) is 0 Å². The summed E-state index contributed by atoms with van der Waals surface area (Å²) >= 11 is 0. The van der Waals surface area contributed by atoms with Crippen molar-refractivity contribution in [2.24, 2.45) is 11.8 Å². The third-order valence-corrected chi connectivity index (χ3v) is 8.62. The van der Waals surface area contributed by atoms with Crippen LogP contribution in [0.5, 0.6) is 0 Å². The molecule has 11 heteroatoms. The molecule has 0 saturated carbocycles. The highest BCUT2D eigenvalue weighted by molar-refractivity contribution is 5.94. The van der Waals surface area contributed by atoms with Crippen LogP contribution in [0.4, 0.5) is 0 Å². The minimum Gasteiger partial charge on any atom is -0.481 e. The first-order valence-electron chi connectivity index (χ1n) is 17.8. The molecule has 0 aromatic heterocycles. The first-order valence-corrected chi connectivity index (χ1v) is 17.8. The van der Waals surface area contributed by atoms with Crippen LogP contribution in [0.25, 0.3) is 0 Å². The summed E-state index contributed by atoms with van der Waals surface area (Å²) in [5, 5.41) is 32.7. The van der Waals surface area contributed by atoms with E-state index in [0.717, 1.165) is 63.4 Å². The average molecular weight is 675 g/mol. The van der Waals surface area contributed by atoms with Crippen molar-refractivity contribution in [2.75, 3.05) is 6.54 Å². The van der Waals surface area contributed by atoms with Gasteiger partial charge in [0.1, 0.15) is 5.78 Å². The number of ketones is 1. The van der Waals surface area contributed by atoms with E-state index < -0.39 is 29.7 Å². The van der Waals surface area contributed by atoms with Crippen molar-refractivity contribution in [3.8, 4) is 0 Å². The molecular weight excluding hydrogens is 616 g/mol. The molecule has 0 radical (unpaired) electrons. The van der Waals surface area contributed by atoms with Crippen LogP contribution >= 0.6 is 0 Å². The van der Waals surface area contributed by atoms with Gasteiger partial charge < -0.3 is 26.0 Å². The van der Waals surface area contributed by atoms with Gasteiger partial charge in [0.05, 0.1) is 11.8 Å². The fourth-order valence-corrected chi connectivity index (χ4v) is 5.43. The Kier molecular flexibility index (Phi) is 23.1. The Morgan fingerprint density at radius 2 is 1.15 bits per heavy atom. The molecule has 0 aliphatic carbocycles. The predicted molar refractivity (Wildman–Crippen MR) is 184 cm³/mol. The maximum atomic E-state index is 12.4. The van der Waals surface area contributed by atoms with Crippen molar-refractivity contribution in [1.29, 1.82) is 0 Å². The number of Topliss-reactive ketones (excluding diaryl/α,β-unsaturated/α-hetero) is 1. The number of unbranched alkanes of at least 4 members (excludes halogenated alkanes) is 12. The molecule has 11 nitrogen and oxygen atoms in total. The maximum Gasteiger partial charge on any atom is 0.306 e. The first-order chi connectivity index (χ1) is 23.0. The van der Waals surface area contributed by atoms with Crippen molar-refractivity contribution in [3.63, 3.8) is 0 Å². The zero-order valence-corrected chi connectivity index (χ0v) is 28.8. The highest BCUT2D eigenvalue weighted by Crippen LogP contribution is 2.17. The van der Waals surface area contributed by atoms with Gasteiger partial charge in [-0.2, -0.15) is 0 Å². The topological polar surface area (TPSA) is 187 Å². The lowest BCUT2D eigenvalue weighted by atomic mass is 9.94. The Bertz CT molecular complexity index is 1120. The monoisotopic (exact) mass is 674 g/mol. The highest BCUT2D eigenvalue weighted by atomic mass is 16.4. The van der Waals surface area contributed by atoms with Crippen molar-refractivity contribution in [3.05, 3.63) is 35.4 Å². The summed E-state index contributed by atoms with van der Waals surface area (Å²) in [4.78, 5) is 70.2. The zero-order valence-electron chi connectivity index (χ0n) is 28.8. The van der Waals surface area contributed by atoms with E-state index in [2.05, 4.69) is 10.6 Å². The molecule has 48 heavy (non-hydrogen) atoms. The molecule has 0 aliphatic rings. The molecule has 0 spiro atoms. The fraction of sp³-hybridized carbons (Fsp3) is 0.676. The van der Waals surface area contributed by atoms with Crippen molar-refractivity contribution in [1.82, 2.24) is 10.6 Å². The van der Waals surface area contributed by atoms with E-state index in [-0.39, 0.29) is 49.8 Å². The standard InChI is InChI=1S/C37H58N2O9/c1-28(36(45)46)16-14-15-25-38-35(44)30-21-19-29(20-22-30)27-39-33(41)24-23-31(37(47)48)26-32(40)17-12-10-8-6-4-2-3-5-7-9-11-13-18-34(42)43/h19-22,28,31H,2-18,23-27H2,1H3,(H,38,44)(H,39,41)(H,42,43)(H,45,46)(H,47,48)/t28-,31+/m0/s1. The number of carboxylic acids is 3. The highest BCUT2D eigenvalue weighted by Gasteiger charge is 2.22. The number of amides is 2. The van der Waals surface area contributed by atoms with E-state index >= 15 is 0 Å². The molecule has 0 heterocycles. The van der Waals surface area contributed by atoms with Crippen LogP contribution in [-0.2, 0) is 30.5 Å². The Balaban J connectivity index is 2.16. The normalized spacial score (nSPS) is 12.2. The second-order valence-corrected chi connectivity index (χ2v) is 12.9. The summed E-state index contributed by atoms with van der Waals surface area (Å²) in [5.74, 6) is -4.51. The molecule has 2 atom stereocenters. The molecule has 0 aliphatic heterocycles. The van der Waals surface area contributed by atoms with E-state index in [9.17, 15) is 33.9 Å². The Hall–Kier alpha value is -3.76. The average Bonchev–Trinajstić information content (AvgIpc) is 3.05. The Morgan fingerprint density at radius 3 is 1.67 bits per heavy atom. The van der Waals surface area contributed by atoms with Crippen LogP contribution in [0.3, 0.4) is 0 Å². The largest absolute Gasteiger partial charge is 0.481 e. The number of aliphatic carboxylic acids is 3. The van der Waals surface area contributed by atoms with Gasteiger partial charge in [-0.3, -0.25) is 28.8 Å². The smallest absolute Gasteiger partial charge is 0.306 e. The van der Waals surface area contributed by atoms with Crippen molar-refractivity contribution >= 4 is 35.5 Å². The number of hydrogen-bond donors (Lipinski definition) is 5. The Morgan fingerprint density at radius 1 is 0.604 bits per heavy atom. The van der Waals surface area contributed by atoms with Gasteiger partial charge in [0.2, 0.25) is 5.91 Å². The number of hydrogen-bond acceptors (Lipinski definition) is 6. The van der Waals surface area contributed by atoms with E-state index in [0.29, 0.717) is 37.8 Å². The van der Waals surface area contributed by atoms with Gasteiger partial charge in [-0.1, -0.05) is 89.7 Å². The summed E-state index contributed by atoms with van der Waals surface area (Å²) in [5.41, 5.74) is 1.26. The van der Waals surface area contributed by atoms with Gasteiger partial charge in [0.15, 0.2) is 0 Å². The van der Waals surface area contributed by atoms with Crippen LogP contribution in [0.15, 0.2) is 24.3 Å². The van der Waals surface area contributed by atoms with Gasteiger partial charge >= 0.3 is 17.9 Å². The Labute approximate surface area is 285 Å². The lowest BCUT2D eigenvalue weighted by Gasteiger charge is -2.12. The number of carbonyl (C=O) groups excluding carboxylic acids is 3. The third kappa shape index (κ3) is 21.9. The van der Waals surface area contributed by atoms with E-state index in [1.54, 1.807) is 31.2 Å². The molecule has 270 valence electrons. The number of carboxylic acid groups (broad SMARTS) is 3. The lowest BCUT2D eigenvalue weighted by Crippen LogP contribution is -2.26. The zero-order chi connectivity index (χ0) is 35.6. The molecule has 0 bridgehead atoms. The predicted octanol–water partition coefficient (Wildman–Crippen LogP) is 6.91. The third-order valence-electron chi connectivity index (χ3n) is 8.62. The molecular formula is C37H58N2O9. The molecule has 0 unspecified atom stereocenters. The van der Waals surface area contributed by atoms with Crippen LogP contribution < -0.4 is 10.6 Å². The van der Waals surface area contributed by atoms with Crippen LogP contribution in [-0.4, -0.2) is 57.4 Å². The maximum absolute atomic E-state index is 12.4. The van der Waals surface area contributed by atoms with Crippen LogP contribution in [0.1, 0.15) is 151 Å². The quantitative estimate of drug-likeness (QED) is 0.0540. The molecule has 0 saturated heterocycles. The molecule has 1 aromatic carbocycles. The molecule has 1 aromatic rings. The number of nitrogens with one attached hydrogen (secondary N) is 2. The molecule has 5 N–H and O–H groups in total. The second kappa shape index (κ2) is 26.2. The molecule has 1 rings (SSSR count). The number of carbonyl (C=O) groups is 6. The summed E-state index contributed by atoms with van der Waals surface area (Å²) in [6, 6.07) is 6.80. The number of rotatable bonds is 30. The minimum atomic E-state index is -1.07. The summed E-state index contributed by atoms with van der Waals surface area (Å²) < 4.78 is 0. The lowest BCUT2D eigenvalue weighted by molar-refractivity contribution is -0.144. The van der Waals surface area contributed by atoms with Gasteiger partial charge in [0.25, 0.3) is 5.91 Å². The van der Waals surface area contributed by atoms with Crippen LogP contribution in [0.2, 0.25) is 0 Å². The minimum absolute atomic E-state index is 0.000696. The van der Waals surface area contributed by atoms with Crippen molar-refractivity contribution in [2.45, 2.75) is 142 Å². The van der Waals surface area contributed by atoms with Gasteiger partial charge in [0, 0.05) is 44.3 Å². The first kappa shape index (κ1) is 42.3. The number of benzene rings is 1.